The van der Waals surface area contributed by atoms with Gasteiger partial charge in [0.05, 0.1) is 0 Å². The Balaban J connectivity index is 2.60. The lowest BCUT2D eigenvalue weighted by Gasteiger charge is -2.26. The van der Waals surface area contributed by atoms with Crippen LogP contribution in [-0.2, 0) is 14.3 Å². The number of ether oxygens (including phenoxy) is 1. The molecule has 1 rings (SSSR count). The van der Waals surface area contributed by atoms with Crippen LogP contribution in [-0.4, -0.2) is 47.3 Å². The Morgan fingerprint density at radius 2 is 1.82 bits per heavy atom. The molecule has 0 aromatic rings. The van der Waals surface area contributed by atoms with E-state index in [4.69, 9.17) is 9.84 Å². The van der Waals surface area contributed by atoms with E-state index < -0.39 is 29.7 Å². The summed E-state index contributed by atoms with van der Waals surface area (Å²) in [5.41, 5.74) is 0.140. The van der Waals surface area contributed by atoms with Crippen molar-refractivity contribution in [1.29, 1.82) is 0 Å². The number of rotatable bonds is 7. The second-order valence-electron chi connectivity index (χ2n) is 8.64. The van der Waals surface area contributed by atoms with Gasteiger partial charge in [0.25, 0.3) is 0 Å². The van der Waals surface area contributed by atoms with Crippen LogP contribution in [0, 0.1) is 11.8 Å². The molecule has 160 valence electrons. The van der Waals surface area contributed by atoms with Gasteiger partial charge in [0.1, 0.15) is 17.7 Å². The molecule has 0 saturated carbocycles. The maximum atomic E-state index is 12.6. The quantitative estimate of drug-likeness (QED) is 0.523. The highest BCUT2D eigenvalue weighted by atomic mass is 16.6. The van der Waals surface area contributed by atoms with E-state index in [1.54, 1.807) is 41.5 Å². The first-order valence-electron chi connectivity index (χ1n) is 9.83. The fraction of sp³-hybridized carbons (Fsp3) is 0.750. The van der Waals surface area contributed by atoms with E-state index in [2.05, 4.69) is 16.0 Å². The van der Waals surface area contributed by atoms with Crippen molar-refractivity contribution in [2.24, 2.45) is 11.8 Å². The molecule has 0 saturated heterocycles. The molecule has 28 heavy (non-hydrogen) atoms. The van der Waals surface area contributed by atoms with E-state index in [0.717, 1.165) is 18.5 Å². The van der Waals surface area contributed by atoms with Gasteiger partial charge in [-0.2, -0.15) is 0 Å². The van der Waals surface area contributed by atoms with E-state index in [1.165, 1.54) is 0 Å². The topological polar surface area (TPSA) is 117 Å². The van der Waals surface area contributed by atoms with Gasteiger partial charge < -0.3 is 25.8 Å². The highest BCUT2D eigenvalue weighted by molar-refractivity contribution is 5.91. The van der Waals surface area contributed by atoms with Crippen LogP contribution in [0.25, 0.3) is 0 Å². The summed E-state index contributed by atoms with van der Waals surface area (Å²) >= 11 is 0. The Morgan fingerprint density at radius 3 is 2.29 bits per heavy atom. The molecule has 3 amide bonds. The number of alkyl carbamates (subject to hydrolysis) is 1. The number of aliphatic hydroxyl groups excluding tert-OH is 1. The minimum absolute atomic E-state index is 0.144. The normalized spacial score (nSPS) is 19.3. The average molecular weight is 398 g/mol. The summed E-state index contributed by atoms with van der Waals surface area (Å²) in [6.07, 6.45) is 3.47. The zero-order valence-corrected chi connectivity index (χ0v) is 17.8. The van der Waals surface area contributed by atoms with Gasteiger partial charge in [-0.1, -0.05) is 19.9 Å². The molecule has 0 fully saturated rings. The van der Waals surface area contributed by atoms with E-state index in [9.17, 15) is 14.4 Å². The van der Waals surface area contributed by atoms with Gasteiger partial charge in [0.15, 0.2) is 0 Å². The van der Waals surface area contributed by atoms with Crippen LogP contribution in [0.15, 0.2) is 11.8 Å². The van der Waals surface area contributed by atoms with Gasteiger partial charge in [-0.15, -0.1) is 0 Å². The third-order valence-corrected chi connectivity index (χ3v) is 4.43. The Bertz CT molecular complexity index is 595. The summed E-state index contributed by atoms with van der Waals surface area (Å²) in [5, 5.41) is 17.2. The van der Waals surface area contributed by atoms with Gasteiger partial charge in [0.2, 0.25) is 11.8 Å². The summed E-state index contributed by atoms with van der Waals surface area (Å²) in [7, 11) is 0. The van der Waals surface area contributed by atoms with Crippen LogP contribution in [0.3, 0.4) is 0 Å². The smallest absolute Gasteiger partial charge is 0.408 e. The first-order chi connectivity index (χ1) is 12.9. The summed E-state index contributed by atoms with van der Waals surface area (Å²) in [6, 6.07) is -1.57. The minimum Gasteiger partial charge on any atom is -0.444 e. The van der Waals surface area contributed by atoms with Crippen molar-refractivity contribution in [1.82, 2.24) is 16.0 Å². The van der Waals surface area contributed by atoms with Gasteiger partial charge >= 0.3 is 6.09 Å². The number of carbonyl (C=O) groups is 3. The molecule has 0 spiro atoms. The lowest BCUT2D eigenvalue weighted by Crippen LogP contribution is -2.55. The van der Waals surface area contributed by atoms with Crippen LogP contribution in [0.1, 0.15) is 60.8 Å². The average Bonchev–Trinajstić information content (AvgIpc) is 2.58. The van der Waals surface area contributed by atoms with Crippen molar-refractivity contribution in [3.05, 3.63) is 11.8 Å². The van der Waals surface area contributed by atoms with E-state index in [-0.39, 0.29) is 24.3 Å². The Hall–Kier alpha value is -2.09. The SMILES string of the molecule is CC(C)[C@H](NC(=O)OC(C)(C)C)C(=O)N[C@@H](C)C(=O)NC1=CC[C@H](CO)CC1. The monoisotopic (exact) mass is 397 g/mol. The van der Waals surface area contributed by atoms with E-state index in [0.29, 0.717) is 6.42 Å². The third kappa shape index (κ3) is 8.29. The Morgan fingerprint density at radius 1 is 1.18 bits per heavy atom. The van der Waals surface area contributed by atoms with Crippen molar-refractivity contribution < 1.29 is 24.2 Å². The van der Waals surface area contributed by atoms with Gasteiger partial charge in [-0.05, 0) is 58.8 Å². The zero-order valence-electron chi connectivity index (χ0n) is 17.8. The first-order valence-corrected chi connectivity index (χ1v) is 9.83. The molecular weight excluding hydrogens is 362 g/mol. The molecule has 1 aliphatic rings. The van der Waals surface area contributed by atoms with Crippen LogP contribution in [0.2, 0.25) is 0 Å². The predicted molar refractivity (Wildman–Crippen MR) is 106 cm³/mol. The van der Waals surface area contributed by atoms with Crippen LogP contribution in [0.5, 0.6) is 0 Å². The van der Waals surface area contributed by atoms with Crippen molar-refractivity contribution >= 4 is 17.9 Å². The van der Waals surface area contributed by atoms with Crippen molar-refractivity contribution in [3.63, 3.8) is 0 Å². The highest BCUT2D eigenvalue weighted by Crippen LogP contribution is 2.21. The molecule has 0 heterocycles. The lowest BCUT2D eigenvalue weighted by atomic mass is 9.93. The Kier molecular flexibility index (Phi) is 8.94. The standard InChI is InChI=1S/C20H35N3O5/c1-12(2)16(23-19(27)28-20(4,5)6)18(26)21-13(3)17(25)22-15-9-7-14(11-24)8-10-15/h9,12-14,16,24H,7-8,10-11H2,1-6H3,(H,21,26)(H,22,25)(H,23,27)/t13-,14-,16-/m0/s1. The second-order valence-corrected chi connectivity index (χ2v) is 8.64. The van der Waals surface area contributed by atoms with Gasteiger partial charge in [-0.3, -0.25) is 9.59 Å². The molecule has 0 radical (unpaired) electrons. The molecule has 3 atom stereocenters. The number of hydrogen-bond acceptors (Lipinski definition) is 5. The van der Waals surface area contributed by atoms with Crippen LogP contribution < -0.4 is 16.0 Å². The van der Waals surface area contributed by atoms with Crippen molar-refractivity contribution in [2.75, 3.05) is 6.61 Å². The lowest BCUT2D eigenvalue weighted by molar-refractivity contribution is -0.130. The number of allylic oxidation sites excluding steroid dienone is 2. The summed E-state index contributed by atoms with van der Waals surface area (Å²) in [4.78, 5) is 36.9. The number of aliphatic hydroxyl groups is 1. The molecule has 8 nitrogen and oxygen atoms in total. The third-order valence-electron chi connectivity index (χ3n) is 4.43. The van der Waals surface area contributed by atoms with E-state index in [1.807, 2.05) is 6.08 Å². The van der Waals surface area contributed by atoms with Crippen LogP contribution in [0.4, 0.5) is 4.79 Å². The minimum atomic E-state index is -0.815. The molecule has 4 N–H and O–H groups in total. The largest absolute Gasteiger partial charge is 0.444 e. The van der Waals surface area contributed by atoms with Crippen molar-refractivity contribution in [3.8, 4) is 0 Å². The molecule has 0 aliphatic heterocycles. The molecule has 0 aromatic heterocycles. The molecule has 8 heteroatoms. The van der Waals surface area contributed by atoms with Gasteiger partial charge in [0, 0.05) is 12.3 Å². The second kappa shape index (κ2) is 10.5. The molecule has 0 aromatic carbocycles. The highest BCUT2D eigenvalue weighted by Gasteiger charge is 2.29. The first kappa shape index (κ1) is 23.9. The molecule has 1 aliphatic carbocycles. The number of hydrogen-bond donors (Lipinski definition) is 4. The molecule has 0 unspecified atom stereocenters. The fourth-order valence-electron chi connectivity index (χ4n) is 2.77. The van der Waals surface area contributed by atoms with E-state index >= 15 is 0 Å². The fourth-order valence-corrected chi connectivity index (χ4v) is 2.77. The number of amides is 3. The van der Waals surface area contributed by atoms with Crippen molar-refractivity contribution in [2.45, 2.75) is 78.5 Å². The number of carbonyl (C=O) groups excluding carboxylic acids is 3. The maximum absolute atomic E-state index is 12.6. The molecule has 0 bridgehead atoms. The summed E-state index contributed by atoms with van der Waals surface area (Å²) in [6.45, 7) is 10.6. The summed E-state index contributed by atoms with van der Waals surface area (Å²) < 4.78 is 5.20. The zero-order chi connectivity index (χ0) is 21.5. The van der Waals surface area contributed by atoms with Gasteiger partial charge in [-0.25, -0.2) is 4.79 Å². The maximum Gasteiger partial charge on any atom is 0.408 e. The Labute approximate surface area is 167 Å². The molecular formula is C20H35N3O5. The summed E-state index contributed by atoms with van der Waals surface area (Å²) in [5.74, 6) is -0.703. The van der Waals surface area contributed by atoms with Crippen LogP contribution >= 0.6 is 0 Å². The predicted octanol–water partition coefficient (Wildman–Crippen LogP) is 1.83. The number of nitrogens with one attached hydrogen (secondary N) is 3.